The largest absolute Gasteiger partial charge is 0.393 e. The monoisotopic (exact) mass is 308 g/mol. The number of aliphatic hydroxyl groups excluding tert-OH is 1. The zero-order chi connectivity index (χ0) is 15.5. The fraction of sp³-hybridized carbons (Fsp3) is 1.00. The Morgan fingerprint density at radius 3 is 1.50 bits per heavy atom. The van der Waals surface area contributed by atoms with E-state index in [1.54, 1.807) is 0 Å². The predicted molar refractivity (Wildman–Crippen MR) is 85.6 cm³/mol. The minimum atomic E-state index is -0.143. The van der Waals surface area contributed by atoms with Crippen LogP contribution in [0.5, 0.6) is 0 Å². The van der Waals surface area contributed by atoms with Crippen molar-refractivity contribution >= 4 is 0 Å². The van der Waals surface area contributed by atoms with E-state index in [9.17, 15) is 5.11 Å². The lowest BCUT2D eigenvalue weighted by Gasteiger charge is -2.59. The van der Waals surface area contributed by atoms with E-state index in [4.69, 9.17) is 9.47 Å². The predicted octanol–water partition coefficient (Wildman–Crippen LogP) is 3.68. The lowest BCUT2D eigenvalue weighted by molar-refractivity contribution is -0.219. The third kappa shape index (κ3) is 2.53. The van der Waals surface area contributed by atoms with Crippen LogP contribution in [0.25, 0.3) is 0 Å². The van der Waals surface area contributed by atoms with E-state index in [-0.39, 0.29) is 18.3 Å². The highest BCUT2D eigenvalue weighted by molar-refractivity contribution is 5.04. The van der Waals surface area contributed by atoms with Crippen molar-refractivity contribution in [2.45, 2.75) is 103 Å². The minimum absolute atomic E-state index is 0.143. The summed E-state index contributed by atoms with van der Waals surface area (Å²) in [4.78, 5) is 0. The molecule has 0 radical (unpaired) electrons. The molecule has 0 aromatic carbocycles. The molecule has 0 saturated carbocycles. The summed E-state index contributed by atoms with van der Waals surface area (Å²) in [5.41, 5.74) is 0.699. The Bertz CT molecular complexity index is 358. The van der Waals surface area contributed by atoms with Gasteiger partial charge in [0.2, 0.25) is 0 Å². The maximum Gasteiger partial charge on any atom is 0.0609 e. The van der Waals surface area contributed by atoms with Crippen LogP contribution in [0.3, 0.4) is 0 Å². The highest BCUT2D eigenvalue weighted by Gasteiger charge is 2.55. The van der Waals surface area contributed by atoms with Crippen LogP contribution < -0.4 is 0 Å². The fourth-order valence-corrected chi connectivity index (χ4v) is 6.15. The molecule has 22 heavy (non-hydrogen) atoms. The van der Waals surface area contributed by atoms with Crippen molar-refractivity contribution < 1.29 is 14.6 Å². The minimum Gasteiger partial charge on any atom is -0.393 e. The van der Waals surface area contributed by atoms with E-state index in [2.05, 4.69) is 20.8 Å². The summed E-state index contributed by atoms with van der Waals surface area (Å²) in [6.07, 6.45) is 10.2. The summed E-state index contributed by atoms with van der Waals surface area (Å²) in [5, 5.41) is 10.0. The zero-order valence-electron chi connectivity index (χ0n) is 14.4. The van der Waals surface area contributed by atoms with Crippen molar-refractivity contribution in [3.05, 3.63) is 0 Å². The van der Waals surface area contributed by atoms with Crippen LogP contribution in [0.2, 0.25) is 0 Å². The van der Waals surface area contributed by atoms with Gasteiger partial charge in [-0.1, -0.05) is 20.8 Å². The second kappa shape index (κ2) is 5.19. The smallest absolute Gasteiger partial charge is 0.0609 e. The first kappa shape index (κ1) is 15.4. The van der Waals surface area contributed by atoms with Gasteiger partial charge in [0.1, 0.15) is 0 Å². The molecule has 4 rings (SSSR count). The zero-order valence-corrected chi connectivity index (χ0v) is 14.4. The molecule has 4 atom stereocenters. The second-order valence-corrected chi connectivity index (χ2v) is 9.40. The van der Waals surface area contributed by atoms with Gasteiger partial charge in [-0.3, -0.25) is 0 Å². The standard InChI is InChI=1S/C19H32O3/c1-12-4-14-8-18(2,9-15(5-12)21-14)19(3)10-16-6-13(20)7-17(11-19)22-16/h12-17,20H,4-11H2,1-3H3. The van der Waals surface area contributed by atoms with Gasteiger partial charge >= 0.3 is 0 Å². The van der Waals surface area contributed by atoms with Gasteiger partial charge in [0.15, 0.2) is 0 Å². The summed E-state index contributed by atoms with van der Waals surface area (Å²) in [5.74, 6) is 0.824. The first-order valence-corrected chi connectivity index (χ1v) is 9.34. The van der Waals surface area contributed by atoms with Crippen molar-refractivity contribution in [2.24, 2.45) is 16.7 Å². The van der Waals surface area contributed by atoms with Gasteiger partial charge < -0.3 is 14.6 Å². The van der Waals surface area contributed by atoms with Gasteiger partial charge in [0, 0.05) is 0 Å². The van der Waals surface area contributed by atoms with Gasteiger partial charge in [-0.05, 0) is 68.1 Å². The maximum absolute atomic E-state index is 10.0. The summed E-state index contributed by atoms with van der Waals surface area (Å²) >= 11 is 0. The molecule has 4 bridgehead atoms. The summed E-state index contributed by atoms with van der Waals surface area (Å²) in [6.45, 7) is 7.40. The Balaban J connectivity index is 1.55. The molecular formula is C19H32O3. The molecule has 126 valence electrons. The molecule has 0 aromatic heterocycles. The average molecular weight is 308 g/mol. The molecule has 0 aliphatic carbocycles. The van der Waals surface area contributed by atoms with Crippen LogP contribution in [-0.4, -0.2) is 35.6 Å². The number of hydrogen-bond donors (Lipinski definition) is 1. The Kier molecular flexibility index (Phi) is 3.63. The Morgan fingerprint density at radius 2 is 1.09 bits per heavy atom. The molecule has 4 unspecified atom stereocenters. The van der Waals surface area contributed by atoms with Gasteiger partial charge in [-0.15, -0.1) is 0 Å². The third-order valence-electron chi connectivity index (χ3n) is 7.34. The van der Waals surface area contributed by atoms with Gasteiger partial charge in [0.25, 0.3) is 0 Å². The number of hydrogen-bond acceptors (Lipinski definition) is 3. The van der Waals surface area contributed by atoms with Crippen LogP contribution in [0.1, 0.15) is 72.1 Å². The van der Waals surface area contributed by atoms with E-state index < -0.39 is 0 Å². The average Bonchev–Trinajstić information content (AvgIpc) is 2.34. The van der Waals surface area contributed by atoms with Gasteiger partial charge in [-0.25, -0.2) is 0 Å². The molecule has 3 nitrogen and oxygen atoms in total. The van der Waals surface area contributed by atoms with Crippen LogP contribution >= 0.6 is 0 Å². The van der Waals surface area contributed by atoms with Crippen LogP contribution in [0.15, 0.2) is 0 Å². The molecule has 0 spiro atoms. The van der Waals surface area contributed by atoms with Gasteiger partial charge in [0.05, 0.1) is 30.5 Å². The van der Waals surface area contributed by atoms with Gasteiger partial charge in [-0.2, -0.15) is 0 Å². The van der Waals surface area contributed by atoms with Crippen molar-refractivity contribution in [2.75, 3.05) is 0 Å². The summed E-state index contributed by atoms with van der Waals surface area (Å²) in [6, 6.07) is 0. The Hall–Kier alpha value is -0.120. The Morgan fingerprint density at radius 1 is 0.727 bits per heavy atom. The molecule has 4 aliphatic rings. The molecule has 4 fully saturated rings. The van der Waals surface area contributed by atoms with E-state index in [0.29, 0.717) is 23.0 Å². The SMILES string of the molecule is CC1CC2CC(C)(C3(C)CC4CC(O)CC(C3)O4)CC(C1)O2. The number of rotatable bonds is 1. The first-order valence-electron chi connectivity index (χ1n) is 9.34. The molecule has 0 amide bonds. The van der Waals surface area contributed by atoms with E-state index in [1.165, 1.54) is 25.7 Å². The lowest BCUT2D eigenvalue weighted by atomic mass is 9.52. The quantitative estimate of drug-likeness (QED) is 0.803. The molecule has 3 heteroatoms. The molecule has 4 aliphatic heterocycles. The maximum atomic E-state index is 10.0. The van der Waals surface area contributed by atoms with Crippen molar-refractivity contribution in [1.29, 1.82) is 0 Å². The molecule has 4 saturated heterocycles. The highest BCUT2D eigenvalue weighted by Crippen LogP contribution is 2.59. The topological polar surface area (TPSA) is 38.7 Å². The van der Waals surface area contributed by atoms with Crippen molar-refractivity contribution in [3.8, 4) is 0 Å². The number of fused-ring (bicyclic) bond motifs is 4. The normalized spacial score (nSPS) is 58.4. The fourth-order valence-electron chi connectivity index (χ4n) is 6.15. The van der Waals surface area contributed by atoms with E-state index >= 15 is 0 Å². The molecule has 4 heterocycles. The van der Waals surface area contributed by atoms with Crippen LogP contribution in [0, 0.1) is 16.7 Å². The van der Waals surface area contributed by atoms with E-state index in [0.717, 1.165) is 31.6 Å². The van der Waals surface area contributed by atoms with Crippen LogP contribution in [0.4, 0.5) is 0 Å². The third-order valence-corrected chi connectivity index (χ3v) is 7.34. The molecular weight excluding hydrogens is 276 g/mol. The Labute approximate surface area is 134 Å². The number of ether oxygens (including phenoxy) is 2. The second-order valence-electron chi connectivity index (χ2n) is 9.40. The summed E-state index contributed by atoms with van der Waals surface area (Å²) < 4.78 is 12.4. The lowest BCUT2D eigenvalue weighted by Crippen LogP contribution is -2.56. The summed E-state index contributed by atoms with van der Waals surface area (Å²) in [7, 11) is 0. The van der Waals surface area contributed by atoms with E-state index in [1.807, 2.05) is 0 Å². The molecule has 1 N–H and O–H groups in total. The first-order chi connectivity index (χ1) is 10.4. The van der Waals surface area contributed by atoms with Crippen molar-refractivity contribution in [3.63, 3.8) is 0 Å². The highest BCUT2D eigenvalue weighted by atomic mass is 16.5. The number of aliphatic hydroxyl groups is 1. The van der Waals surface area contributed by atoms with Crippen LogP contribution in [-0.2, 0) is 9.47 Å². The van der Waals surface area contributed by atoms with Crippen molar-refractivity contribution in [1.82, 2.24) is 0 Å². The molecule has 0 aromatic rings.